The first-order chi connectivity index (χ1) is 15.4. The Kier molecular flexibility index (Phi) is 7.92. The Balaban J connectivity index is 1.40. The summed E-state index contributed by atoms with van der Waals surface area (Å²) in [5, 5.41) is 9.58. The number of carbonyl (C=O) groups excluding carboxylic acids is 2. The van der Waals surface area contributed by atoms with Gasteiger partial charge in [0.25, 0.3) is 11.8 Å². The van der Waals surface area contributed by atoms with Crippen molar-refractivity contribution in [1.29, 1.82) is 5.26 Å². The predicted molar refractivity (Wildman–Crippen MR) is 120 cm³/mol. The minimum absolute atomic E-state index is 0.271. The van der Waals surface area contributed by atoms with E-state index in [1.165, 1.54) is 12.1 Å². The number of hydrazine groups is 1. The van der Waals surface area contributed by atoms with E-state index in [2.05, 4.69) is 16.9 Å². The topological polar surface area (TPSA) is 100 Å². The van der Waals surface area contributed by atoms with Crippen LogP contribution in [0.5, 0.6) is 11.5 Å². The van der Waals surface area contributed by atoms with Crippen LogP contribution in [-0.2, 0) is 9.59 Å². The van der Waals surface area contributed by atoms with Crippen LogP contribution in [0.25, 0.3) is 11.1 Å². The van der Waals surface area contributed by atoms with Crippen molar-refractivity contribution in [2.75, 3.05) is 13.2 Å². The second kappa shape index (κ2) is 11.0. The lowest BCUT2D eigenvalue weighted by atomic mass is 10.0. The molecule has 32 heavy (non-hydrogen) atoms. The van der Waals surface area contributed by atoms with Gasteiger partial charge in [0, 0.05) is 5.02 Å². The maximum atomic E-state index is 11.9. The van der Waals surface area contributed by atoms with Gasteiger partial charge >= 0.3 is 0 Å². The van der Waals surface area contributed by atoms with Crippen molar-refractivity contribution in [2.45, 2.75) is 0 Å². The molecule has 9 heteroatoms. The van der Waals surface area contributed by atoms with Gasteiger partial charge in [-0.15, -0.1) is 0 Å². The smallest absolute Gasteiger partial charge is 0.276 e. The quantitative estimate of drug-likeness (QED) is 0.506. The molecule has 0 bridgehead atoms. The lowest BCUT2D eigenvalue weighted by Crippen LogP contribution is -2.45. The summed E-state index contributed by atoms with van der Waals surface area (Å²) in [5.41, 5.74) is 6.95. The zero-order valence-corrected chi connectivity index (χ0v) is 18.1. The third-order valence-electron chi connectivity index (χ3n) is 4.17. The van der Waals surface area contributed by atoms with Crippen LogP contribution in [0.1, 0.15) is 5.56 Å². The Morgan fingerprint density at radius 3 is 1.94 bits per heavy atom. The van der Waals surface area contributed by atoms with Gasteiger partial charge in [-0.2, -0.15) is 5.26 Å². The molecule has 3 rings (SSSR count). The monoisotopic (exact) mass is 469 g/mol. The first kappa shape index (κ1) is 22.9. The summed E-state index contributed by atoms with van der Waals surface area (Å²) in [6.07, 6.45) is 0. The summed E-state index contributed by atoms with van der Waals surface area (Å²) in [4.78, 5) is 23.7. The van der Waals surface area contributed by atoms with Crippen LogP contribution in [0.3, 0.4) is 0 Å². The molecule has 2 amide bonds. The van der Waals surface area contributed by atoms with Crippen molar-refractivity contribution in [3.05, 3.63) is 82.3 Å². The van der Waals surface area contributed by atoms with Crippen molar-refractivity contribution in [1.82, 2.24) is 10.9 Å². The average Bonchev–Trinajstić information content (AvgIpc) is 2.81. The number of halogens is 2. The van der Waals surface area contributed by atoms with Gasteiger partial charge in [-0.3, -0.25) is 20.4 Å². The number of amides is 2. The van der Waals surface area contributed by atoms with E-state index in [1.54, 1.807) is 30.3 Å². The summed E-state index contributed by atoms with van der Waals surface area (Å²) >= 11 is 11.8. The highest BCUT2D eigenvalue weighted by Crippen LogP contribution is 2.27. The van der Waals surface area contributed by atoms with Crippen LogP contribution in [0.2, 0.25) is 10.0 Å². The van der Waals surface area contributed by atoms with E-state index in [9.17, 15) is 9.59 Å². The van der Waals surface area contributed by atoms with Gasteiger partial charge in [-0.05, 0) is 53.6 Å². The standard InChI is InChI=1S/C23H17Cl2N3O4/c24-18-7-10-21(20(25)11-18)32-14-23(30)28-27-22(29)13-31-19-8-5-17(6-9-19)16-3-1-15(12-26)2-4-16/h1-11H,13-14H2,(H,27,29)(H,28,30). The Morgan fingerprint density at radius 1 is 0.812 bits per heavy atom. The van der Waals surface area contributed by atoms with Gasteiger partial charge in [0.15, 0.2) is 13.2 Å². The maximum absolute atomic E-state index is 11.9. The highest BCUT2D eigenvalue weighted by molar-refractivity contribution is 6.35. The van der Waals surface area contributed by atoms with Crippen LogP contribution in [0.15, 0.2) is 66.7 Å². The molecular weight excluding hydrogens is 453 g/mol. The van der Waals surface area contributed by atoms with E-state index in [-0.39, 0.29) is 18.2 Å². The number of rotatable bonds is 7. The third kappa shape index (κ3) is 6.64. The second-order valence-corrected chi connectivity index (χ2v) is 7.31. The minimum atomic E-state index is -0.573. The molecule has 0 aromatic heterocycles. The van der Waals surface area contributed by atoms with Crippen molar-refractivity contribution in [2.24, 2.45) is 0 Å². The van der Waals surface area contributed by atoms with Crippen LogP contribution in [0.4, 0.5) is 0 Å². The van der Waals surface area contributed by atoms with Gasteiger partial charge in [0.1, 0.15) is 11.5 Å². The molecule has 0 atom stereocenters. The van der Waals surface area contributed by atoms with E-state index < -0.39 is 11.8 Å². The molecule has 0 unspecified atom stereocenters. The number of nitriles is 1. The molecule has 3 aromatic rings. The predicted octanol–water partition coefficient (Wildman–Crippen LogP) is 4.14. The lowest BCUT2D eigenvalue weighted by molar-refractivity contribution is -0.131. The Bertz CT molecular complexity index is 1140. The van der Waals surface area contributed by atoms with Gasteiger partial charge < -0.3 is 9.47 Å². The average molecular weight is 470 g/mol. The molecule has 3 aromatic carbocycles. The van der Waals surface area contributed by atoms with Gasteiger partial charge in [0.05, 0.1) is 16.7 Å². The zero-order valence-electron chi connectivity index (χ0n) is 16.6. The Morgan fingerprint density at radius 2 is 1.38 bits per heavy atom. The van der Waals surface area contributed by atoms with E-state index in [0.717, 1.165) is 11.1 Å². The fraction of sp³-hybridized carbons (Fsp3) is 0.0870. The number of nitrogens with one attached hydrogen (secondary N) is 2. The number of nitrogens with zero attached hydrogens (tertiary/aromatic N) is 1. The van der Waals surface area contributed by atoms with Crippen LogP contribution in [0, 0.1) is 11.3 Å². The van der Waals surface area contributed by atoms with E-state index in [0.29, 0.717) is 22.1 Å². The molecule has 0 aliphatic rings. The third-order valence-corrected chi connectivity index (χ3v) is 4.70. The lowest BCUT2D eigenvalue weighted by Gasteiger charge is -2.11. The number of benzene rings is 3. The molecule has 0 fully saturated rings. The molecule has 0 aliphatic carbocycles. The van der Waals surface area contributed by atoms with Crippen LogP contribution in [-0.4, -0.2) is 25.0 Å². The fourth-order valence-electron chi connectivity index (χ4n) is 2.58. The molecule has 7 nitrogen and oxygen atoms in total. The largest absolute Gasteiger partial charge is 0.484 e. The van der Waals surface area contributed by atoms with Gasteiger partial charge in [-0.1, -0.05) is 47.5 Å². The number of hydrogen-bond donors (Lipinski definition) is 2. The molecule has 0 aliphatic heterocycles. The molecule has 0 radical (unpaired) electrons. The van der Waals surface area contributed by atoms with E-state index >= 15 is 0 Å². The SMILES string of the molecule is N#Cc1ccc(-c2ccc(OCC(=O)NNC(=O)COc3ccc(Cl)cc3Cl)cc2)cc1. The van der Waals surface area contributed by atoms with Crippen LogP contribution < -0.4 is 20.3 Å². The summed E-state index contributed by atoms with van der Waals surface area (Å²) in [6.45, 7) is -0.639. The molecule has 0 heterocycles. The fourth-order valence-corrected chi connectivity index (χ4v) is 3.04. The summed E-state index contributed by atoms with van der Waals surface area (Å²) in [5.74, 6) is -0.329. The van der Waals surface area contributed by atoms with Gasteiger partial charge in [0.2, 0.25) is 0 Å². The van der Waals surface area contributed by atoms with E-state index in [4.69, 9.17) is 37.9 Å². The summed E-state index contributed by atoms with van der Waals surface area (Å²) in [6, 6.07) is 21.0. The normalized spacial score (nSPS) is 10.0. The van der Waals surface area contributed by atoms with Gasteiger partial charge in [-0.25, -0.2) is 0 Å². The summed E-state index contributed by atoms with van der Waals surface area (Å²) in [7, 11) is 0. The van der Waals surface area contributed by atoms with Crippen molar-refractivity contribution >= 4 is 35.0 Å². The molecule has 0 saturated heterocycles. The second-order valence-electron chi connectivity index (χ2n) is 6.46. The maximum Gasteiger partial charge on any atom is 0.276 e. The zero-order chi connectivity index (χ0) is 22.9. The molecule has 2 N–H and O–H groups in total. The molecule has 0 spiro atoms. The van der Waals surface area contributed by atoms with Crippen molar-refractivity contribution in [3.8, 4) is 28.7 Å². The summed E-state index contributed by atoms with van der Waals surface area (Å²) < 4.78 is 10.7. The molecular formula is C23H17Cl2N3O4. The molecule has 0 saturated carbocycles. The number of carbonyl (C=O) groups is 2. The van der Waals surface area contributed by atoms with E-state index in [1.807, 2.05) is 24.3 Å². The Hall–Kier alpha value is -3.73. The van der Waals surface area contributed by atoms with Crippen molar-refractivity contribution < 1.29 is 19.1 Å². The van der Waals surface area contributed by atoms with Crippen molar-refractivity contribution in [3.63, 3.8) is 0 Å². The minimum Gasteiger partial charge on any atom is -0.484 e. The number of ether oxygens (including phenoxy) is 2. The Labute approximate surface area is 194 Å². The highest BCUT2D eigenvalue weighted by Gasteiger charge is 2.09. The van der Waals surface area contributed by atoms with Crippen LogP contribution >= 0.6 is 23.2 Å². The highest BCUT2D eigenvalue weighted by atomic mass is 35.5. The molecule has 162 valence electrons. The first-order valence-corrected chi connectivity index (χ1v) is 10.1. The number of hydrogen-bond acceptors (Lipinski definition) is 5. The first-order valence-electron chi connectivity index (χ1n) is 9.33.